The van der Waals surface area contributed by atoms with E-state index in [9.17, 15) is 4.79 Å². The van der Waals surface area contributed by atoms with Crippen molar-refractivity contribution in [3.8, 4) is 0 Å². The Morgan fingerprint density at radius 2 is 2.15 bits per heavy atom. The van der Waals surface area contributed by atoms with Gasteiger partial charge in [0.25, 0.3) is 5.91 Å². The van der Waals surface area contributed by atoms with Crippen LogP contribution in [0.2, 0.25) is 0 Å². The summed E-state index contributed by atoms with van der Waals surface area (Å²) in [4.78, 5) is 20.2. The Bertz CT molecular complexity index is 659. The Morgan fingerprint density at radius 1 is 1.35 bits per heavy atom. The number of aromatic nitrogens is 2. The summed E-state index contributed by atoms with van der Waals surface area (Å²) in [6, 6.07) is 10.1. The number of imidazole rings is 1. The van der Waals surface area contributed by atoms with Crippen molar-refractivity contribution in [3.63, 3.8) is 0 Å². The first-order chi connectivity index (χ1) is 9.78. The maximum Gasteiger partial charge on any atom is 0.278 e. The van der Waals surface area contributed by atoms with Crippen molar-refractivity contribution in [1.82, 2.24) is 20.2 Å². The van der Waals surface area contributed by atoms with Crippen molar-refractivity contribution in [2.24, 2.45) is 4.99 Å². The number of benzene rings is 1. The zero-order valence-corrected chi connectivity index (χ0v) is 11.1. The molecular formula is C14H15N5O. The van der Waals surface area contributed by atoms with Crippen molar-refractivity contribution in [2.75, 3.05) is 7.05 Å². The first-order valence-electron chi connectivity index (χ1n) is 6.38. The molecular weight excluding hydrogens is 254 g/mol. The normalized spacial score (nSPS) is 16.2. The molecule has 0 saturated carbocycles. The minimum Gasteiger partial charge on any atom is -0.350 e. The fourth-order valence-electron chi connectivity index (χ4n) is 2.21. The molecule has 1 aliphatic rings. The van der Waals surface area contributed by atoms with Gasteiger partial charge in [-0.15, -0.1) is 0 Å². The first-order valence-corrected chi connectivity index (χ1v) is 6.38. The van der Waals surface area contributed by atoms with Gasteiger partial charge in [0.15, 0.2) is 11.7 Å². The number of hydrogen-bond acceptors (Lipinski definition) is 3. The quantitative estimate of drug-likeness (QED) is 0.845. The van der Waals surface area contributed by atoms with E-state index < -0.39 is 0 Å². The molecule has 0 aliphatic carbocycles. The number of carbonyl (C=O) groups excluding carboxylic acids is 1. The highest BCUT2D eigenvalue weighted by molar-refractivity contribution is 6.06. The highest BCUT2D eigenvalue weighted by Crippen LogP contribution is 2.12. The lowest BCUT2D eigenvalue weighted by Gasteiger charge is -2.08. The van der Waals surface area contributed by atoms with Gasteiger partial charge in [-0.05, 0) is 5.56 Å². The second kappa shape index (κ2) is 5.16. The molecule has 1 aromatic heterocycles. The van der Waals surface area contributed by atoms with Gasteiger partial charge >= 0.3 is 0 Å². The summed E-state index contributed by atoms with van der Waals surface area (Å²) < 4.78 is 1.98. The fourth-order valence-corrected chi connectivity index (χ4v) is 2.21. The number of fused-ring (bicyclic) bond motifs is 1. The topological polar surface area (TPSA) is 71.3 Å². The third kappa shape index (κ3) is 2.27. The number of hydrogen-bond donors (Lipinski definition) is 2. The minimum atomic E-state index is -0.225. The standard InChI is InChI=1S/C14H15N5O/c1-15-14-16-7-11-12(13(20)18-14)17-9-19(11)8-10-5-3-2-4-6-10/h2-6,9H,7-8H2,1H3,(H2,15,16,18,20). The molecule has 0 spiro atoms. The van der Waals surface area contributed by atoms with Crippen LogP contribution in [0.1, 0.15) is 21.7 Å². The van der Waals surface area contributed by atoms with Crippen LogP contribution in [-0.4, -0.2) is 28.5 Å². The van der Waals surface area contributed by atoms with Crippen LogP contribution < -0.4 is 10.6 Å². The van der Waals surface area contributed by atoms with E-state index in [2.05, 4.69) is 32.7 Å². The van der Waals surface area contributed by atoms with Crippen LogP contribution in [0.5, 0.6) is 0 Å². The third-order valence-corrected chi connectivity index (χ3v) is 3.24. The summed E-state index contributed by atoms with van der Waals surface area (Å²) in [5.74, 6) is 0.247. The Kier molecular flexibility index (Phi) is 3.20. The van der Waals surface area contributed by atoms with E-state index in [1.54, 1.807) is 13.4 Å². The SMILES string of the molecule is CN=C1NCc2c(ncn2Cc2ccccc2)C(=O)N1. The van der Waals surface area contributed by atoms with Crippen LogP contribution in [-0.2, 0) is 13.1 Å². The molecule has 0 unspecified atom stereocenters. The molecule has 0 saturated heterocycles. The number of nitrogens with one attached hydrogen (secondary N) is 2. The molecule has 0 atom stereocenters. The lowest BCUT2D eigenvalue weighted by molar-refractivity contribution is 0.0972. The van der Waals surface area contributed by atoms with Crippen LogP contribution in [0.4, 0.5) is 0 Å². The molecule has 1 aliphatic heterocycles. The highest BCUT2D eigenvalue weighted by Gasteiger charge is 2.22. The van der Waals surface area contributed by atoms with Crippen molar-refractivity contribution >= 4 is 11.9 Å². The molecule has 0 bridgehead atoms. The van der Waals surface area contributed by atoms with Crippen molar-refractivity contribution in [2.45, 2.75) is 13.1 Å². The summed E-state index contributed by atoms with van der Waals surface area (Å²) in [6.45, 7) is 1.21. The van der Waals surface area contributed by atoms with Crippen molar-refractivity contribution in [3.05, 3.63) is 53.6 Å². The maximum absolute atomic E-state index is 12.0. The van der Waals surface area contributed by atoms with Gasteiger partial charge in [0.2, 0.25) is 0 Å². The summed E-state index contributed by atoms with van der Waals surface area (Å²) in [5.41, 5.74) is 2.49. The number of carbonyl (C=O) groups is 1. The molecule has 6 nitrogen and oxygen atoms in total. The Hall–Kier alpha value is -2.63. The summed E-state index contributed by atoms with van der Waals surface area (Å²) >= 11 is 0. The molecule has 3 rings (SSSR count). The van der Waals surface area contributed by atoms with E-state index in [-0.39, 0.29) is 5.91 Å². The second-order valence-electron chi connectivity index (χ2n) is 4.53. The number of guanidine groups is 1. The van der Waals surface area contributed by atoms with Gasteiger partial charge in [-0.3, -0.25) is 15.1 Å². The predicted molar refractivity (Wildman–Crippen MR) is 75.4 cm³/mol. The van der Waals surface area contributed by atoms with E-state index in [0.717, 1.165) is 5.69 Å². The van der Waals surface area contributed by atoms with Crippen LogP contribution in [0, 0.1) is 0 Å². The van der Waals surface area contributed by atoms with Gasteiger partial charge in [-0.2, -0.15) is 0 Å². The fraction of sp³-hybridized carbons (Fsp3) is 0.214. The van der Waals surface area contributed by atoms with Gasteiger partial charge in [0.05, 0.1) is 18.6 Å². The van der Waals surface area contributed by atoms with Crippen molar-refractivity contribution < 1.29 is 4.79 Å². The van der Waals surface area contributed by atoms with Gasteiger partial charge in [-0.1, -0.05) is 30.3 Å². The molecule has 0 radical (unpaired) electrons. The first kappa shape index (κ1) is 12.4. The van der Waals surface area contributed by atoms with E-state index >= 15 is 0 Å². The molecule has 1 aromatic carbocycles. The van der Waals surface area contributed by atoms with Gasteiger partial charge in [-0.25, -0.2) is 4.98 Å². The Balaban J connectivity index is 1.91. The zero-order valence-electron chi connectivity index (χ0n) is 11.1. The van der Waals surface area contributed by atoms with E-state index in [0.29, 0.717) is 24.7 Å². The second-order valence-corrected chi connectivity index (χ2v) is 4.53. The summed E-state index contributed by atoms with van der Waals surface area (Å²) in [7, 11) is 1.63. The van der Waals surface area contributed by atoms with Crippen LogP contribution in [0.3, 0.4) is 0 Å². The Labute approximate surface area is 116 Å². The lowest BCUT2D eigenvalue weighted by atomic mass is 10.2. The van der Waals surface area contributed by atoms with Gasteiger partial charge in [0.1, 0.15) is 0 Å². The average Bonchev–Trinajstić information content (AvgIpc) is 2.79. The number of amides is 1. The van der Waals surface area contributed by atoms with E-state index in [4.69, 9.17) is 0 Å². The minimum absolute atomic E-state index is 0.225. The summed E-state index contributed by atoms with van der Waals surface area (Å²) in [5, 5.41) is 5.77. The zero-order chi connectivity index (χ0) is 13.9. The number of nitrogens with zero attached hydrogens (tertiary/aromatic N) is 3. The summed E-state index contributed by atoms with van der Waals surface area (Å²) in [6.07, 6.45) is 1.70. The predicted octanol–water partition coefficient (Wildman–Crippen LogP) is 0.750. The molecule has 102 valence electrons. The third-order valence-electron chi connectivity index (χ3n) is 3.24. The molecule has 2 N–H and O–H groups in total. The van der Waals surface area contributed by atoms with Crippen LogP contribution in [0.15, 0.2) is 41.7 Å². The monoisotopic (exact) mass is 269 g/mol. The van der Waals surface area contributed by atoms with E-state index in [1.807, 2.05) is 22.8 Å². The molecule has 6 heteroatoms. The molecule has 2 aromatic rings. The molecule has 2 heterocycles. The highest BCUT2D eigenvalue weighted by atomic mass is 16.2. The van der Waals surface area contributed by atoms with E-state index in [1.165, 1.54) is 5.56 Å². The maximum atomic E-state index is 12.0. The molecule has 0 fully saturated rings. The smallest absolute Gasteiger partial charge is 0.278 e. The van der Waals surface area contributed by atoms with Crippen molar-refractivity contribution in [1.29, 1.82) is 0 Å². The Morgan fingerprint density at radius 3 is 2.90 bits per heavy atom. The average molecular weight is 269 g/mol. The number of aliphatic imine (C=N–C) groups is 1. The van der Waals surface area contributed by atoms with Gasteiger partial charge < -0.3 is 9.88 Å². The molecule has 20 heavy (non-hydrogen) atoms. The van der Waals surface area contributed by atoms with Gasteiger partial charge in [0, 0.05) is 13.6 Å². The molecule has 1 amide bonds. The number of rotatable bonds is 2. The van der Waals surface area contributed by atoms with Crippen LogP contribution >= 0.6 is 0 Å². The largest absolute Gasteiger partial charge is 0.350 e. The lowest BCUT2D eigenvalue weighted by Crippen LogP contribution is -2.37. The van der Waals surface area contributed by atoms with Crippen LogP contribution in [0.25, 0.3) is 0 Å².